The topological polar surface area (TPSA) is 32.7 Å². The maximum Gasteiger partial charge on any atom is 0.142 e. The highest BCUT2D eigenvalue weighted by molar-refractivity contribution is 5.59. The Kier molecular flexibility index (Phi) is 3.14. The molecule has 0 bridgehead atoms. The number of rotatable bonds is 3. The van der Waals surface area contributed by atoms with Gasteiger partial charge in [-0.15, -0.1) is 0 Å². The number of aryl methyl sites for hydroxylation is 1. The van der Waals surface area contributed by atoms with Gasteiger partial charge in [-0.1, -0.05) is 6.07 Å². The maximum absolute atomic E-state index is 8.97. The monoisotopic (exact) mass is 181 g/mol. The molecule has 0 atom stereocenters. The molecule has 1 rings (SSSR count). The molecule has 0 spiro atoms. The van der Waals surface area contributed by atoms with E-state index in [1.807, 2.05) is 32.2 Å². The third kappa shape index (κ3) is 2.12. The molecule has 0 aliphatic carbocycles. The molecule has 0 amide bonds. The van der Waals surface area contributed by atoms with E-state index in [1.165, 1.54) is 0 Å². The molecule has 3 heteroatoms. The Morgan fingerprint density at radius 1 is 1.46 bits per heavy atom. The first-order valence-electron chi connectivity index (χ1n) is 4.15. The number of ether oxygens (including phenoxy) is 1. The molecule has 13 heavy (non-hydrogen) atoms. The first kappa shape index (κ1) is 9.86. The van der Waals surface area contributed by atoms with E-state index in [-0.39, 0.29) is 6.73 Å². The minimum Gasteiger partial charge on any atom is -0.495 e. The third-order valence-corrected chi connectivity index (χ3v) is 1.96. The predicted octanol–water partition coefficient (Wildman–Crippen LogP) is 1.39. The van der Waals surface area contributed by atoms with Crippen molar-refractivity contribution in [3.05, 3.63) is 23.8 Å². The molecule has 0 aromatic heterocycles. The van der Waals surface area contributed by atoms with Gasteiger partial charge >= 0.3 is 0 Å². The van der Waals surface area contributed by atoms with Crippen LogP contribution in [0.25, 0.3) is 0 Å². The van der Waals surface area contributed by atoms with Crippen molar-refractivity contribution in [2.24, 2.45) is 0 Å². The van der Waals surface area contributed by atoms with Crippen LogP contribution in [-0.2, 0) is 0 Å². The second-order valence-corrected chi connectivity index (χ2v) is 3.01. The number of hydrogen-bond acceptors (Lipinski definition) is 3. The quantitative estimate of drug-likeness (QED) is 0.715. The molecular weight excluding hydrogens is 166 g/mol. The highest BCUT2D eigenvalue weighted by Crippen LogP contribution is 2.27. The zero-order valence-corrected chi connectivity index (χ0v) is 8.24. The highest BCUT2D eigenvalue weighted by atomic mass is 16.5. The van der Waals surface area contributed by atoms with Crippen molar-refractivity contribution in [3.8, 4) is 5.75 Å². The summed E-state index contributed by atoms with van der Waals surface area (Å²) in [5, 5.41) is 8.97. The summed E-state index contributed by atoms with van der Waals surface area (Å²) in [6.45, 7) is 1.99. The van der Waals surface area contributed by atoms with E-state index in [9.17, 15) is 0 Å². The third-order valence-electron chi connectivity index (χ3n) is 1.96. The minimum absolute atomic E-state index is 0.0141. The van der Waals surface area contributed by atoms with Gasteiger partial charge in [-0.2, -0.15) is 0 Å². The molecule has 0 saturated heterocycles. The lowest BCUT2D eigenvalue weighted by molar-refractivity contribution is 0.296. The molecule has 72 valence electrons. The summed E-state index contributed by atoms with van der Waals surface area (Å²) in [6, 6.07) is 5.86. The summed E-state index contributed by atoms with van der Waals surface area (Å²) in [4.78, 5) is 1.73. The first-order valence-corrected chi connectivity index (χ1v) is 4.15. The van der Waals surface area contributed by atoms with Crippen LogP contribution in [0.4, 0.5) is 5.69 Å². The molecule has 0 unspecified atom stereocenters. The lowest BCUT2D eigenvalue weighted by Gasteiger charge is -2.19. The SMILES string of the molecule is COc1ccc(C)cc1N(C)CO. The Balaban J connectivity index is 3.07. The van der Waals surface area contributed by atoms with Gasteiger partial charge in [-0.25, -0.2) is 0 Å². The summed E-state index contributed by atoms with van der Waals surface area (Å²) in [6.07, 6.45) is 0. The largest absolute Gasteiger partial charge is 0.495 e. The van der Waals surface area contributed by atoms with Crippen molar-refractivity contribution in [1.82, 2.24) is 0 Å². The normalized spacial score (nSPS) is 9.85. The van der Waals surface area contributed by atoms with Crippen LogP contribution in [0, 0.1) is 6.92 Å². The Hall–Kier alpha value is -1.22. The van der Waals surface area contributed by atoms with E-state index in [0.717, 1.165) is 17.0 Å². The Labute approximate surface area is 78.6 Å². The fourth-order valence-corrected chi connectivity index (χ4v) is 1.17. The smallest absolute Gasteiger partial charge is 0.142 e. The maximum atomic E-state index is 8.97. The fourth-order valence-electron chi connectivity index (χ4n) is 1.17. The van der Waals surface area contributed by atoms with Crippen molar-refractivity contribution in [2.75, 3.05) is 25.8 Å². The van der Waals surface area contributed by atoms with Crippen LogP contribution in [0.2, 0.25) is 0 Å². The van der Waals surface area contributed by atoms with E-state index >= 15 is 0 Å². The van der Waals surface area contributed by atoms with Gasteiger partial charge in [0, 0.05) is 7.05 Å². The van der Waals surface area contributed by atoms with Crippen LogP contribution >= 0.6 is 0 Å². The van der Waals surface area contributed by atoms with Gasteiger partial charge in [0.05, 0.1) is 12.8 Å². The summed E-state index contributed by atoms with van der Waals surface area (Å²) in [5.41, 5.74) is 2.06. The molecule has 3 nitrogen and oxygen atoms in total. The summed E-state index contributed by atoms with van der Waals surface area (Å²) in [7, 11) is 3.44. The average molecular weight is 181 g/mol. The van der Waals surface area contributed by atoms with Gasteiger partial charge in [0.15, 0.2) is 0 Å². The van der Waals surface area contributed by atoms with E-state index in [4.69, 9.17) is 9.84 Å². The van der Waals surface area contributed by atoms with Crippen molar-refractivity contribution in [2.45, 2.75) is 6.92 Å². The van der Waals surface area contributed by atoms with Crippen LogP contribution in [0.15, 0.2) is 18.2 Å². The van der Waals surface area contributed by atoms with Crippen molar-refractivity contribution in [1.29, 1.82) is 0 Å². The lowest BCUT2D eigenvalue weighted by atomic mass is 10.2. The Morgan fingerprint density at radius 3 is 2.69 bits per heavy atom. The molecule has 1 N–H and O–H groups in total. The molecule has 0 aliphatic rings. The number of anilines is 1. The van der Waals surface area contributed by atoms with E-state index in [0.29, 0.717) is 0 Å². The number of nitrogens with zero attached hydrogens (tertiary/aromatic N) is 1. The Morgan fingerprint density at radius 2 is 2.15 bits per heavy atom. The minimum atomic E-state index is -0.0141. The van der Waals surface area contributed by atoms with Crippen LogP contribution in [-0.4, -0.2) is 26.0 Å². The number of benzene rings is 1. The molecule has 1 aromatic carbocycles. The standard InChI is InChI=1S/C10H15NO2/c1-8-4-5-10(13-3)9(6-8)11(2)7-12/h4-6,12H,7H2,1-3H3. The molecule has 0 heterocycles. The highest BCUT2D eigenvalue weighted by Gasteiger charge is 2.06. The van der Waals surface area contributed by atoms with Crippen LogP contribution in [0.3, 0.4) is 0 Å². The number of methoxy groups -OCH3 is 1. The van der Waals surface area contributed by atoms with Gasteiger partial charge in [0.25, 0.3) is 0 Å². The summed E-state index contributed by atoms with van der Waals surface area (Å²) >= 11 is 0. The lowest BCUT2D eigenvalue weighted by Crippen LogP contribution is -2.18. The zero-order chi connectivity index (χ0) is 9.84. The Bertz CT molecular complexity index is 286. The van der Waals surface area contributed by atoms with Gasteiger partial charge in [0.1, 0.15) is 12.5 Å². The fraction of sp³-hybridized carbons (Fsp3) is 0.400. The van der Waals surface area contributed by atoms with Gasteiger partial charge < -0.3 is 14.7 Å². The van der Waals surface area contributed by atoms with Crippen molar-refractivity contribution in [3.63, 3.8) is 0 Å². The van der Waals surface area contributed by atoms with Crippen molar-refractivity contribution < 1.29 is 9.84 Å². The second-order valence-electron chi connectivity index (χ2n) is 3.01. The molecule has 0 fully saturated rings. The molecule has 0 saturated carbocycles. The van der Waals surface area contributed by atoms with Gasteiger partial charge in [-0.05, 0) is 24.6 Å². The zero-order valence-electron chi connectivity index (χ0n) is 8.24. The van der Waals surface area contributed by atoms with E-state index in [1.54, 1.807) is 12.0 Å². The van der Waals surface area contributed by atoms with Gasteiger partial charge in [0.2, 0.25) is 0 Å². The van der Waals surface area contributed by atoms with E-state index < -0.39 is 0 Å². The summed E-state index contributed by atoms with van der Waals surface area (Å²) < 4.78 is 5.17. The van der Waals surface area contributed by atoms with Crippen molar-refractivity contribution >= 4 is 5.69 Å². The first-order chi connectivity index (χ1) is 6.19. The molecular formula is C10H15NO2. The number of aliphatic hydroxyl groups excluding tert-OH is 1. The predicted molar refractivity (Wildman–Crippen MR) is 53.2 cm³/mol. The van der Waals surface area contributed by atoms with Gasteiger partial charge in [-0.3, -0.25) is 0 Å². The second kappa shape index (κ2) is 4.14. The molecule has 1 aromatic rings. The molecule has 0 radical (unpaired) electrons. The van der Waals surface area contributed by atoms with Crippen LogP contribution in [0.1, 0.15) is 5.56 Å². The van der Waals surface area contributed by atoms with Crippen LogP contribution < -0.4 is 9.64 Å². The molecule has 0 aliphatic heterocycles. The average Bonchev–Trinajstić information content (AvgIpc) is 2.16. The summed E-state index contributed by atoms with van der Waals surface area (Å²) in [5.74, 6) is 0.780. The number of hydrogen-bond donors (Lipinski definition) is 1. The van der Waals surface area contributed by atoms with Crippen LogP contribution in [0.5, 0.6) is 5.75 Å². The number of aliphatic hydroxyl groups is 1. The van der Waals surface area contributed by atoms with E-state index in [2.05, 4.69) is 0 Å².